The molecule has 1 aromatic carbocycles. The molecule has 2 aromatic heterocycles. The van der Waals surface area contributed by atoms with Gasteiger partial charge in [0.15, 0.2) is 16.2 Å². The molecule has 10 nitrogen and oxygen atoms in total. The summed E-state index contributed by atoms with van der Waals surface area (Å²) in [6.45, 7) is 0. The highest BCUT2D eigenvalue weighted by Gasteiger charge is 2.15. The summed E-state index contributed by atoms with van der Waals surface area (Å²) in [6, 6.07) is 4.28. The van der Waals surface area contributed by atoms with E-state index >= 15 is 0 Å². The van der Waals surface area contributed by atoms with Crippen LogP contribution in [0.3, 0.4) is 0 Å². The van der Waals surface area contributed by atoms with Crippen LogP contribution in [-0.2, 0) is 0 Å². The summed E-state index contributed by atoms with van der Waals surface area (Å²) in [7, 11) is 0. The van der Waals surface area contributed by atoms with Gasteiger partial charge in [0.25, 0.3) is 11.6 Å². The van der Waals surface area contributed by atoms with Gasteiger partial charge in [0, 0.05) is 17.5 Å². The second-order valence-corrected chi connectivity index (χ2v) is 6.35. The molecule has 0 fully saturated rings. The summed E-state index contributed by atoms with van der Waals surface area (Å²) in [5.74, 6) is -0.750. The first-order chi connectivity index (χ1) is 11.4. The maximum Gasteiger partial charge on any atom is 0.276 e. The SMILES string of the molecule is N=C(N)Nc1nc(C(=O)Nc2nc3ccc([N+](=O)[O-])cc3s2)cs1. The first kappa shape index (κ1) is 15.8. The molecular weight excluding hydrogens is 354 g/mol. The number of amides is 1. The standard InChI is InChI=1S/C12H9N7O3S2/c13-10(14)18-11-16-7(4-23-11)9(20)17-12-15-6-2-1-5(19(21)22)3-8(6)24-12/h1-4H,(H,15,17,20)(H4,13,14,16,18). The minimum Gasteiger partial charge on any atom is -0.370 e. The van der Waals surface area contributed by atoms with E-state index in [0.29, 0.717) is 20.5 Å². The summed E-state index contributed by atoms with van der Waals surface area (Å²) in [4.78, 5) is 30.6. The smallest absolute Gasteiger partial charge is 0.276 e. The van der Waals surface area contributed by atoms with Crippen LogP contribution in [0.2, 0.25) is 0 Å². The van der Waals surface area contributed by atoms with Crippen molar-refractivity contribution in [2.75, 3.05) is 10.6 Å². The van der Waals surface area contributed by atoms with E-state index in [2.05, 4.69) is 20.6 Å². The molecule has 24 heavy (non-hydrogen) atoms. The molecule has 0 spiro atoms. The van der Waals surface area contributed by atoms with Crippen molar-refractivity contribution in [1.82, 2.24) is 9.97 Å². The number of fused-ring (bicyclic) bond motifs is 1. The Bertz CT molecular complexity index is 965. The van der Waals surface area contributed by atoms with Crippen LogP contribution in [0.25, 0.3) is 10.2 Å². The molecule has 3 aromatic rings. The predicted molar refractivity (Wildman–Crippen MR) is 91.9 cm³/mol. The molecule has 3 rings (SSSR count). The average Bonchev–Trinajstić information content (AvgIpc) is 3.11. The monoisotopic (exact) mass is 363 g/mol. The Labute approximate surface area is 142 Å². The summed E-state index contributed by atoms with van der Waals surface area (Å²) in [6.07, 6.45) is 0. The number of carbonyl (C=O) groups excluding carboxylic acids is 1. The third kappa shape index (κ3) is 3.28. The van der Waals surface area contributed by atoms with Gasteiger partial charge in [-0.3, -0.25) is 25.6 Å². The molecule has 5 N–H and O–H groups in total. The normalized spacial score (nSPS) is 10.5. The van der Waals surface area contributed by atoms with Crippen LogP contribution < -0.4 is 16.4 Å². The highest BCUT2D eigenvalue weighted by molar-refractivity contribution is 7.22. The van der Waals surface area contributed by atoms with Gasteiger partial charge < -0.3 is 11.1 Å². The summed E-state index contributed by atoms with van der Waals surface area (Å²) in [5, 5.41) is 25.1. The fraction of sp³-hybridized carbons (Fsp3) is 0. The zero-order valence-electron chi connectivity index (χ0n) is 11.8. The van der Waals surface area contributed by atoms with Gasteiger partial charge in [0.2, 0.25) is 0 Å². The van der Waals surface area contributed by atoms with Crippen LogP contribution in [0.1, 0.15) is 10.5 Å². The molecule has 0 saturated heterocycles. The van der Waals surface area contributed by atoms with Gasteiger partial charge in [0.1, 0.15) is 5.69 Å². The summed E-state index contributed by atoms with van der Waals surface area (Å²) in [5.41, 5.74) is 5.85. The van der Waals surface area contributed by atoms with Crippen LogP contribution in [0, 0.1) is 15.5 Å². The van der Waals surface area contributed by atoms with Crippen molar-refractivity contribution < 1.29 is 9.72 Å². The number of hydrogen-bond donors (Lipinski definition) is 4. The summed E-state index contributed by atoms with van der Waals surface area (Å²) >= 11 is 2.26. The van der Waals surface area contributed by atoms with E-state index in [1.54, 1.807) is 0 Å². The quantitative estimate of drug-likeness (QED) is 0.239. The van der Waals surface area contributed by atoms with Crippen molar-refractivity contribution in [3.05, 3.63) is 39.4 Å². The van der Waals surface area contributed by atoms with Crippen LogP contribution in [0.5, 0.6) is 0 Å². The lowest BCUT2D eigenvalue weighted by molar-refractivity contribution is -0.384. The number of anilines is 2. The number of guanidine groups is 1. The van der Waals surface area contributed by atoms with E-state index in [4.69, 9.17) is 11.1 Å². The number of thiazole rings is 2. The molecule has 0 unspecified atom stereocenters. The number of benzene rings is 1. The first-order valence-electron chi connectivity index (χ1n) is 6.35. The Morgan fingerprint density at radius 1 is 1.29 bits per heavy atom. The van der Waals surface area contributed by atoms with Crippen molar-refractivity contribution in [3.63, 3.8) is 0 Å². The van der Waals surface area contributed by atoms with Crippen LogP contribution in [0.4, 0.5) is 16.0 Å². The van der Waals surface area contributed by atoms with E-state index in [0.717, 1.165) is 22.7 Å². The Morgan fingerprint density at radius 3 is 2.79 bits per heavy atom. The minimum absolute atomic E-state index is 0.0384. The van der Waals surface area contributed by atoms with Crippen molar-refractivity contribution in [3.8, 4) is 0 Å². The number of non-ortho nitro benzene ring substituents is 1. The molecule has 0 bridgehead atoms. The number of nitrogens with one attached hydrogen (secondary N) is 3. The number of carbonyl (C=O) groups is 1. The van der Waals surface area contributed by atoms with Crippen LogP contribution >= 0.6 is 22.7 Å². The molecule has 1 amide bonds. The number of nitrogens with two attached hydrogens (primary N) is 1. The highest BCUT2D eigenvalue weighted by Crippen LogP contribution is 2.29. The van der Waals surface area contributed by atoms with Crippen molar-refractivity contribution in [2.45, 2.75) is 0 Å². The lowest BCUT2D eigenvalue weighted by Gasteiger charge is -1.98. The van der Waals surface area contributed by atoms with Gasteiger partial charge in [-0.1, -0.05) is 11.3 Å². The molecule has 0 saturated carbocycles. The minimum atomic E-state index is -0.490. The number of hydrogen-bond acceptors (Lipinski definition) is 8. The predicted octanol–water partition coefficient (Wildman–Crippen LogP) is 2.22. The molecule has 122 valence electrons. The van der Waals surface area contributed by atoms with E-state index in [1.165, 1.54) is 23.6 Å². The molecule has 12 heteroatoms. The second kappa shape index (κ2) is 6.17. The third-order valence-electron chi connectivity index (χ3n) is 2.78. The van der Waals surface area contributed by atoms with Gasteiger partial charge in [-0.2, -0.15) is 0 Å². The highest BCUT2D eigenvalue weighted by atomic mass is 32.1. The maximum absolute atomic E-state index is 12.1. The second-order valence-electron chi connectivity index (χ2n) is 4.46. The largest absolute Gasteiger partial charge is 0.370 e. The zero-order chi connectivity index (χ0) is 17.3. The van der Waals surface area contributed by atoms with Gasteiger partial charge in [-0.25, -0.2) is 9.97 Å². The maximum atomic E-state index is 12.1. The topological polar surface area (TPSA) is 160 Å². The van der Waals surface area contributed by atoms with Crippen LogP contribution in [0.15, 0.2) is 23.6 Å². The molecule has 0 aliphatic heterocycles. The molecule has 0 aliphatic rings. The van der Waals surface area contributed by atoms with Crippen molar-refractivity contribution in [2.24, 2.45) is 5.73 Å². The summed E-state index contributed by atoms with van der Waals surface area (Å²) < 4.78 is 0.594. The Hall–Kier alpha value is -3.12. The fourth-order valence-corrected chi connectivity index (χ4v) is 3.39. The van der Waals surface area contributed by atoms with E-state index in [9.17, 15) is 14.9 Å². The molecule has 0 aliphatic carbocycles. The first-order valence-corrected chi connectivity index (χ1v) is 8.05. The number of nitro groups is 1. The number of nitro benzene ring substituents is 1. The third-order valence-corrected chi connectivity index (χ3v) is 4.47. The fourth-order valence-electron chi connectivity index (χ4n) is 1.79. The molecule has 0 atom stereocenters. The van der Waals surface area contributed by atoms with E-state index < -0.39 is 10.8 Å². The van der Waals surface area contributed by atoms with Gasteiger partial charge in [0.05, 0.1) is 15.1 Å². The van der Waals surface area contributed by atoms with Gasteiger partial charge in [-0.15, -0.1) is 11.3 Å². The Balaban J connectivity index is 1.78. The average molecular weight is 363 g/mol. The van der Waals surface area contributed by atoms with E-state index in [1.807, 2.05) is 0 Å². The molecule has 2 heterocycles. The van der Waals surface area contributed by atoms with Crippen LogP contribution in [-0.4, -0.2) is 26.8 Å². The molecule has 0 radical (unpaired) electrons. The Morgan fingerprint density at radius 2 is 2.08 bits per heavy atom. The Kier molecular flexibility index (Phi) is 4.05. The van der Waals surface area contributed by atoms with E-state index in [-0.39, 0.29) is 17.3 Å². The lowest BCUT2D eigenvalue weighted by atomic mass is 10.3. The molecular formula is C12H9N7O3S2. The van der Waals surface area contributed by atoms with Gasteiger partial charge in [-0.05, 0) is 6.07 Å². The van der Waals surface area contributed by atoms with Gasteiger partial charge >= 0.3 is 0 Å². The van der Waals surface area contributed by atoms with Crippen molar-refractivity contribution in [1.29, 1.82) is 5.41 Å². The number of aromatic nitrogens is 2. The van der Waals surface area contributed by atoms with Crippen molar-refractivity contribution >= 4 is 60.7 Å². The number of rotatable bonds is 4. The number of nitrogens with zero attached hydrogens (tertiary/aromatic N) is 3. The lowest BCUT2D eigenvalue weighted by Crippen LogP contribution is -2.20. The zero-order valence-corrected chi connectivity index (χ0v) is 13.4.